The van der Waals surface area contributed by atoms with Crippen molar-refractivity contribution in [1.82, 2.24) is 0 Å². The van der Waals surface area contributed by atoms with Crippen molar-refractivity contribution in [3.8, 4) is 46.7 Å². The highest BCUT2D eigenvalue weighted by Gasteiger charge is 2.65. The van der Waals surface area contributed by atoms with Gasteiger partial charge < -0.3 is 24.1 Å². The first kappa shape index (κ1) is 42.6. The Bertz CT molecular complexity index is 2640. The number of fused-ring (bicyclic) bond motifs is 10. The van der Waals surface area contributed by atoms with Crippen LogP contribution < -0.4 is 18.9 Å². The summed E-state index contributed by atoms with van der Waals surface area (Å²) >= 11 is 0. The molecule has 2 aliphatic heterocycles. The smallest absolute Gasteiger partial charge is 0.231 e. The number of aliphatic hydroxyl groups is 1. The second kappa shape index (κ2) is 15.8. The molecule has 0 aromatic heterocycles. The molecule has 9 nitrogen and oxygen atoms in total. The van der Waals surface area contributed by atoms with Crippen molar-refractivity contribution in [3.05, 3.63) is 93.1 Å². The fourth-order valence-corrected chi connectivity index (χ4v) is 15.2. The molecule has 2 aromatic rings. The van der Waals surface area contributed by atoms with Crippen molar-refractivity contribution in [2.45, 2.75) is 141 Å². The minimum absolute atomic E-state index is 0.156. The minimum atomic E-state index is -0.949. The van der Waals surface area contributed by atoms with Crippen LogP contribution in [0.25, 0.3) is 0 Å². The van der Waals surface area contributed by atoms with E-state index in [0.717, 1.165) is 100 Å². The Morgan fingerprint density at radius 3 is 1.63 bits per heavy atom. The van der Waals surface area contributed by atoms with Crippen LogP contribution in [-0.2, 0) is 14.5 Å². The van der Waals surface area contributed by atoms with E-state index in [0.29, 0.717) is 36.5 Å². The van der Waals surface area contributed by atoms with E-state index in [2.05, 4.69) is 61.8 Å². The maximum absolute atomic E-state index is 12.2. The van der Waals surface area contributed by atoms with Crippen molar-refractivity contribution in [2.75, 3.05) is 13.6 Å². The lowest BCUT2D eigenvalue weighted by Gasteiger charge is -2.54. The third-order valence-corrected chi connectivity index (χ3v) is 18.2. The van der Waals surface area contributed by atoms with Gasteiger partial charge in [-0.2, -0.15) is 0 Å². The first-order valence-corrected chi connectivity index (χ1v) is 24.1. The Hall–Kier alpha value is -5.06. The van der Waals surface area contributed by atoms with Gasteiger partial charge in [-0.3, -0.25) is 14.8 Å². The molecule has 2 aromatic carbocycles. The van der Waals surface area contributed by atoms with Gasteiger partial charge in [-0.25, -0.2) is 4.89 Å². The van der Waals surface area contributed by atoms with Crippen molar-refractivity contribution in [2.24, 2.45) is 34.5 Å². The molecular weight excluding hydrogens is 817 g/mol. The Kier molecular flexibility index (Phi) is 10.3. The Labute approximate surface area is 382 Å². The van der Waals surface area contributed by atoms with E-state index in [-0.39, 0.29) is 47.8 Å². The van der Waals surface area contributed by atoms with Crippen LogP contribution in [0.4, 0.5) is 0 Å². The zero-order valence-corrected chi connectivity index (χ0v) is 38.1. The summed E-state index contributed by atoms with van der Waals surface area (Å²) in [6.07, 6.45) is 15.8. The number of carbonyl (C=O) groups is 2. The first-order chi connectivity index (χ1) is 31.4. The Morgan fingerprint density at radius 2 is 1.11 bits per heavy atom. The monoisotopic (exact) mass is 876 g/mol. The fourth-order valence-electron chi connectivity index (χ4n) is 15.2. The molecule has 4 fully saturated rings. The van der Waals surface area contributed by atoms with E-state index < -0.39 is 11.2 Å². The maximum atomic E-state index is 12.2. The summed E-state index contributed by atoms with van der Waals surface area (Å²) in [6, 6.07) is 12.6. The van der Waals surface area contributed by atoms with Crippen LogP contribution in [0.2, 0.25) is 0 Å². The Balaban J connectivity index is 0.000000144. The van der Waals surface area contributed by atoms with Crippen LogP contribution in [-0.4, -0.2) is 46.7 Å². The maximum Gasteiger partial charge on any atom is 0.231 e. The van der Waals surface area contributed by atoms with Gasteiger partial charge in [-0.05, 0) is 184 Å². The summed E-state index contributed by atoms with van der Waals surface area (Å²) in [5, 5.41) is 21.9. The topological polar surface area (TPSA) is 121 Å². The van der Waals surface area contributed by atoms with Crippen LogP contribution in [0, 0.1) is 58.2 Å². The fraction of sp³-hybridized carbons (Fsp3) is 0.536. The number of benzene rings is 2. The summed E-state index contributed by atoms with van der Waals surface area (Å²) < 4.78 is 22.6. The molecular formula is C56H60O9. The molecule has 0 radical (unpaired) electrons. The highest BCUT2D eigenvalue weighted by atomic mass is 17.1. The molecule has 0 saturated heterocycles. The lowest BCUT2D eigenvalue weighted by molar-refractivity contribution is -0.331. The number of allylic oxidation sites excluding steroid dienone is 8. The van der Waals surface area contributed by atoms with Gasteiger partial charge in [0, 0.05) is 35.5 Å². The first-order valence-electron chi connectivity index (χ1n) is 24.1. The van der Waals surface area contributed by atoms with Gasteiger partial charge in [0.2, 0.25) is 13.6 Å². The average Bonchev–Trinajstić information content (AvgIpc) is 4.10. The third-order valence-electron chi connectivity index (χ3n) is 18.2. The SMILES string of the molecule is CC#C[C@]1(O)CC[C@H]2[C@@H]3CCC4=CC(=O)CCC4=C3[C@@H](c3ccc4c(c3)OCO4)C[C@@]21C.CC#C[C@]1(OO)CC[C@H]2[C@@H]3CCC4=CC(=O)CCC4=C3[C@@H](c3ccc4c(c3)OCO4)C[C@@]21C. The molecule has 10 atom stereocenters. The molecule has 2 heterocycles. The van der Waals surface area contributed by atoms with Gasteiger partial charge in [0.15, 0.2) is 40.2 Å². The van der Waals surface area contributed by atoms with Crippen LogP contribution in [0.3, 0.4) is 0 Å². The van der Waals surface area contributed by atoms with Gasteiger partial charge in [0.25, 0.3) is 0 Å². The third kappa shape index (κ3) is 6.46. The van der Waals surface area contributed by atoms with Crippen LogP contribution >= 0.6 is 0 Å². The lowest BCUT2D eigenvalue weighted by Crippen LogP contribution is -2.52. The highest BCUT2D eigenvalue weighted by molar-refractivity contribution is 5.93. The van der Waals surface area contributed by atoms with E-state index in [9.17, 15) is 20.0 Å². The summed E-state index contributed by atoms with van der Waals surface area (Å²) in [5.74, 6) is 18.2. The molecule has 4 saturated carbocycles. The number of hydrogen-bond donors (Lipinski definition) is 2. The van der Waals surface area contributed by atoms with E-state index in [1.165, 1.54) is 44.6 Å². The normalized spacial score (nSPS) is 36.8. The van der Waals surface area contributed by atoms with Gasteiger partial charge in [-0.1, -0.05) is 49.0 Å². The standard InChI is InChI=1S/C28H30O5.C28H30O4/c1-3-11-28(33-30)12-10-23-21-7-4-17-13-19(29)6-8-20(17)26(21)22(15-27(23,28)2)18-5-9-24-25(14-18)32-16-31-24;1-3-11-28(30)12-10-23-21-7-4-17-13-19(29)6-8-20(17)26(21)22(15-27(23,28)2)18-5-9-24-25(14-18)32-16-31-24/h5,9,13-14,21-23,30H,4,6-8,10,12,15-16H2,1-2H3;5,9,13-14,21-23,30H,4,6-8,10,12,15-16H2,1-2H3/t2*21-,22+,23-,27-,28-/m00/s1. The summed E-state index contributed by atoms with van der Waals surface area (Å²) in [4.78, 5) is 29.6. The number of ketones is 2. The van der Waals surface area contributed by atoms with Crippen molar-refractivity contribution in [3.63, 3.8) is 0 Å². The molecule has 2 N–H and O–H groups in total. The van der Waals surface area contributed by atoms with Crippen LogP contribution in [0.15, 0.2) is 82.0 Å². The summed E-state index contributed by atoms with van der Waals surface area (Å²) in [6.45, 7) is 8.70. The number of ether oxygens (including phenoxy) is 4. The number of rotatable bonds is 3. The number of carbonyl (C=O) groups excluding carboxylic acids is 2. The summed E-state index contributed by atoms with van der Waals surface area (Å²) in [7, 11) is 0. The molecule has 9 heteroatoms. The lowest BCUT2D eigenvalue weighted by atomic mass is 9.51. The van der Waals surface area contributed by atoms with Crippen molar-refractivity contribution >= 4 is 11.6 Å². The molecule has 65 heavy (non-hydrogen) atoms. The molecule has 12 rings (SSSR count). The molecule has 0 amide bonds. The second-order valence-corrected chi connectivity index (χ2v) is 20.8. The largest absolute Gasteiger partial charge is 0.454 e. The average molecular weight is 877 g/mol. The van der Waals surface area contributed by atoms with Gasteiger partial charge >= 0.3 is 0 Å². The highest BCUT2D eigenvalue weighted by Crippen LogP contribution is 2.69. The predicted molar refractivity (Wildman–Crippen MR) is 244 cm³/mol. The van der Waals surface area contributed by atoms with Gasteiger partial charge in [0.1, 0.15) is 5.60 Å². The van der Waals surface area contributed by atoms with E-state index in [1.807, 2.05) is 38.1 Å². The summed E-state index contributed by atoms with van der Waals surface area (Å²) in [5.41, 5.74) is 8.40. The molecule has 10 aliphatic rings. The number of hydrogen-bond acceptors (Lipinski definition) is 9. The van der Waals surface area contributed by atoms with E-state index >= 15 is 0 Å². The van der Waals surface area contributed by atoms with E-state index in [1.54, 1.807) is 0 Å². The van der Waals surface area contributed by atoms with Crippen LogP contribution in [0.5, 0.6) is 23.0 Å². The zero-order chi connectivity index (χ0) is 44.9. The molecule has 0 spiro atoms. The quantitative estimate of drug-likeness (QED) is 0.176. The molecule has 0 unspecified atom stereocenters. The molecule has 8 aliphatic carbocycles. The molecule has 0 bridgehead atoms. The second-order valence-electron chi connectivity index (χ2n) is 20.8. The van der Waals surface area contributed by atoms with Crippen molar-refractivity contribution < 1.29 is 43.8 Å². The van der Waals surface area contributed by atoms with Gasteiger partial charge in [-0.15, -0.1) is 11.8 Å². The van der Waals surface area contributed by atoms with Gasteiger partial charge in [0.05, 0.1) is 0 Å². The van der Waals surface area contributed by atoms with E-state index in [4.69, 9.17) is 23.8 Å². The Morgan fingerprint density at radius 1 is 0.615 bits per heavy atom. The van der Waals surface area contributed by atoms with Crippen LogP contribution in [0.1, 0.15) is 141 Å². The molecule has 338 valence electrons. The minimum Gasteiger partial charge on any atom is -0.454 e. The zero-order valence-electron chi connectivity index (χ0n) is 38.1. The predicted octanol–water partition coefficient (Wildman–Crippen LogP) is 10.6. The van der Waals surface area contributed by atoms with Crippen molar-refractivity contribution in [1.29, 1.82) is 0 Å².